The number of nitrogen functional groups attached to an aromatic ring is 1. The predicted octanol–water partition coefficient (Wildman–Crippen LogP) is 0.356. The molecule has 0 aliphatic carbocycles. The molecule has 3 aromatic rings. The lowest BCUT2D eigenvalue weighted by Gasteiger charge is -1.98. The highest BCUT2D eigenvalue weighted by Crippen LogP contribution is 2.31. The number of aryl methyl sites for hydroxylation is 2. The number of ketones is 1. The molecule has 2 heterocycles. The van der Waals surface area contributed by atoms with E-state index in [0.29, 0.717) is 13.0 Å². The number of hydrogen-bond donors (Lipinski definition) is 1. The minimum absolute atomic E-state index is 0. The van der Waals surface area contributed by atoms with Crippen molar-refractivity contribution in [1.29, 1.82) is 0 Å². The molecule has 0 radical (unpaired) electrons. The summed E-state index contributed by atoms with van der Waals surface area (Å²) in [6.45, 7) is 2.70. The normalized spacial score (nSPS) is 10.4. The number of benzene rings is 1. The van der Waals surface area contributed by atoms with Gasteiger partial charge in [-0.15, -0.1) is 11.3 Å². The number of pyridine rings is 1. The molecule has 0 fully saturated rings. The summed E-state index contributed by atoms with van der Waals surface area (Å²) in [4.78, 5) is 13.3. The summed E-state index contributed by atoms with van der Waals surface area (Å²) in [5, 5.41) is 1.19. The number of thiophene rings is 1. The van der Waals surface area contributed by atoms with Crippen LogP contribution in [0.15, 0.2) is 48.8 Å². The zero-order valence-electron chi connectivity index (χ0n) is 12.3. The maximum atomic E-state index is 12.4. The number of nitrogens with two attached hydrogens (primary N) is 1. The molecule has 2 N–H and O–H groups in total. The molecule has 0 spiro atoms. The zero-order chi connectivity index (χ0) is 14.8. The third-order valence-corrected chi connectivity index (χ3v) is 4.92. The van der Waals surface area contributed by atoms with Crippen LogP contribution in [0.3, 0.4) is 0 Å². The van der Waals surface area contributed by atoms with E-state index in [0.717, 1.165) is 16.1 Å². The van der Waals surface area contributed by atoms with Crippen LogP contribution in [-0.2, 0) is 6.54 Å². The lowest BCUT2D eigenvalue weighted by atomic mass is 10.1. The number of fused-ring (bicyclic) bond motifs is 1. The van der Waals surface area contributed by atoms with Gasteiger partial charge in [0, 0.05) is 22.5 Å². The van der Waals surface area contributed by atoms with Gasteiger partial charge in [-0.3, -0.25) is 4.79 Å². The standard InChI is InChI=1S/C17H16N2OS.BrH/c1-12-14-4-2-3-5-16(14)21-17(12)15(20)8-11-19-9-6-13(18)7-10-19;/h2-7,9-10,18H,8,11H2,1H3;1H. The van der Waals surface area contributed by atoms with Gasteiger partial charge in [0.05, 0.1) is 11.3 Å². The van der Waals surface area contributed by atoms with Gasteiger partial charge in [-0.25, -0.2) is 4.57 Å². The van der Waals surface area contributed by atoms with Gasteiger partial charge in [0.2, 0.25) is 0 Å². The maximum Gasteiger partial charge on any atom is 0.179 e. The highest BCUT2D eigenvalue weighted by Gasteiger charge is 2.16. The van der Waals surface area contributed by atoms with Crippen molar-refractivity contribution < 1.29 is 26.3 Å². The Hall–Kier alpha value is -1.72. The van der Waals surface area contributed by atoms with Gasteiger partial charge < -0.3 is 22.7 Å². The molecule has 5 heteroatoms. The first-order chi connectivity index (χ1) is 10.1. The molecule has 0 aliphatic rings. The average molecular weight is 377 g/mol. The molecule has 1 aromatic carbocycles. The Bertz CT molecular complexity index is 796. The lowest BCUT2D eigenvalue weighted by Crippen LogP contribution is -3.00. The van der Waals surface area contributed by atoms with E-state index in [2.05, 4.69) is 12.1 Å². The van der Waals surface area contributed by atoms with Crippen molar-refractivity contribution in [2.24, 2.45) is 0 Å². The summed E-state index contributed by atoms with van der Waals surface area (Å²) in [7, 11) is 0. The number of aromatic nitrogens is 1. The van der Waals surface area contributed by atoms with E-state index in [1.807, 2.05) is 48.1 Å². The molecule has 0 atom stereocenters. The summed E-state index contributed by atoms with van der Waals surface area (Å²) < 4.78 is 3.16. The molecule has 0 saturated carbocycles. The van der Waals surface area contributed by atoms with Crippen molar-refractivity contribution in [2.75, 3.05) is 5.73 Å². The van der Waals surface area contributed by atoms with Crippen LogP contribution in [0.1, 0.15) is 21.7 Å². The van der Waals surface area contributed by atoms with Gasteiger partial charge in [0.15, 0.2) is 24.7 Å². The molecule has 114 valence electrons. The first-order valence-electron chi connectivity index (χ1n) is 6.91. The maximum absolute atomic E-state index is 12.4. The topological polar surface area (TPSA) is 47.0 Å². The Kier molecular flexibility index (Phi) is 5.32. The Balaban J connectivity index is 0.00000176. The molecule has 0 unspecified atom stereocenters. The first-order valence-corrected chi connectivity index (χ1v) is 7.73. The minimum Gasteiger partial charge on any atom is -1.00 e. The van der Waals surface area contributed by atoms with Gasteiger partial charge >= 0.3 is 0 Å². The van der Waals surface area contributed by atoms with Crippen LogP contribution in [0.25, 0.3) is 10.1 Å². The Morgan fingerprint density at radius 2 is 1.86 bits per heavy atom. The quantitative estimate of drug-likeness (QED) is 0.527. The van der Waals surface area contributed by atoms with Crippen LogP contribution in [0.4, 0.5) is 5.69 Å². The summed E-state index contributed by atoms with van der Waals surface area (Å²) in [5.74, 6) is 0.207. The largest absolute Gasteiger partial charge is 1.00 e. The summed E-state index contributed by atoms with van der Waals surface area (Å²) >= 11 is 1.59. The number of halogens is 1. The van der Waals surface area contributed by atoms with Crippen molar-refractivity contribution in [3.8, 4) is 0 Å². The van der Waals surface area contributed by atoms with Crippen molar-refractivity contribution in [3.05, 3.63) is 59.2 Å². The molecule has 0 aliphatic heterocycles. The highest BCUT2D eigenvalue weighted by atomic mass is 79.9. The molecule has 22 heavy (non-hydrogen) atoms. The number of carbonyl (C=O) groups is 1. The van der Waals surface area contributed by atoms with E-state index in [9.17, 15) is 4.79 Å². The van der Waals surface area contributed by atoms with Gasteiger partial charge in [-0.05, 0) is 23.9 Å². The number of hydrogen-bond acceptors (Lipinski definition) is 3. The van der Waals surface area contributed by atoms with E-state index in [1.165, 1.54) is 10.1 Å². The second kappa shape index (κ2) is 7.03. The number of anilines is 1. The van der Waals surface area contributed by atoms with Gasteiger partial charge in [0.1, 0.15) is 0 Å². The molecule has 3 nitrogen and oxygen atoms in total. The fraction of sp³-hybridized carbons (Fsp3) is 0.176. The minimum atomic E-state index is 0. The molecule has 0 saturated heterocycles. The second-order valence-electron chi connectivity index (χ2n) is 5.09. The smallest absolute Gasteiger partial charge is 0.179 e. The van der Waals surface area contributed by atoms with Crippen molar-refractivity contribution in [2.45, 2.75) is 19.9 Å². The monoisotopic (exact) mass is 376 g/mol. The van der Waals surface area contributed by atoms with E-state index in [1.54, 1.807) is 11.3 Å². The van der Waals surface area contributed by atoms with E-state index in [-0.39, 0.29) is 22.8 Å². The third kappa shape index (κ3) is 3.36. The van der Waals surface area contributed by atoms with E-state index < -0.39 is 0 Å². The van der Waals surface area contributed by atoms with Crippen molar-refractivity contribution >= 4 is 32.9 Å². The fourth-order valence-electron chi connectivity index (χ4n) is 2.40. The Morgan fingerprint density at radius 3 is 2.55 bits per heavy atom. The van der Waals surface area contributed by atoms with Crippen LogP contribution < -0.4 is 27.3 Å². The van der Waals surface area contributed by atoms with Crippen LogP contribution in [-0.4, -0.2) is 5.78 Å². The second-order valence-corrected chi connectivity index (χ2v) is 6.15. The number of rotatable bonds is 4. The fourth-order valence-corrected chi connectivity index (χ4v) is 3.58. The molecule has 0 bridgehead atoms. The van der Waals surface area contributed by atoms with E-state index in [4.69, 9.17) is 5.73 Å². The predicted molar refractivity (Wildman–Crippen MR) is 86.6 cm³/mol. The molecule has 2 aromatic heterocycles. The number of nitrogens with zero attached hydrogens (tertiary/aromatic N) is 1. The Morgan fingerprint density at radius 1 is 1.18 bits per heavy atom. The lowest BCUT2D eigenvalue weighted by molar-refractivity contribution is -0.695. The van der Waals surface area contributed by atoms with Crippen LogP contribution in [0.2, 0.25) is 0 Å². The summed E-state index contributed by atoms with van der Waals surface area (Å²) in [6, 6.07) is 11.9. The molecule has 0 amide bonds. The summed E-state index contributed by atoms with van der Waals surface area (Å²) in [5.41, 5.74) is 7.49. The molecule has 3 rings (SSSR count). The van der Waals surface area contributed by atoms with E-state index >= 15 is 0 Å². The van der Waals surface area contributed by atoms with Crippen molar-refractivity contribution in [3.63, 3.8) is 0 Å². The Labute approximate surface area is 144 Å². The number of Topliss-reactive ketones (excluding diaryl/α,β-unsaturated/α-hetero) is 1. The summed E-state index contributed by atoms with van der Waals surface area (Å²) in [6.07, 6.45) is 4.31. The average Bonchev–Trinajstić information content (AvgIpc) is 2.84. The van der Waals surface area contributed by atoms with Crippen LogP contribution in [0, 0.1) is 6.92 Å². The first kappa shape index (κ1) is 16.6. The zero-order valence-corrected chi connectivity index (χ0v) is 14.7. The molecular weight excluding hydrogens is 360 g/mol. The van der Waals surface area contributed by atoms with Crippen LogP contribution in [0.5, 0.6) is 0 Å². The molecular formula is C17H17BrN2OS. The van der Waals surface area contributed by atoms with Gasteiger partial charge in [-0.2, -0.15) is 0 Å². The van der Waals surface area contributed by atoms with Gasteiger partial charge in [-0.1, -0.05) is 18.2 Å². The van der Waals surface area contributed by atoms with Crippen molar-refractivity contribution in [1.82, 2.24) is 0 Å². The van der Waals surface area contributed by atoms with Crippen LogP contribution >= 0.6 is 11.3 Å². The van der Waals surface area contributed by atoms with Gasteiger partial charge in [0.25, 0.3) is 0 Å². The highest BCUT2D eigenvalue weighted by molar-refractivity contribution is 7.21. The number of carbonyl (C=O) groups excluding carboxylic acids is 1. The third-order valence-electron chi connectivity index (χ3n) is 3.61. The SMILES string of the molecule is Cc1c(C(=O)CC[n+]2ccc(N)cc2)sc2ccccc12.[Br-].